The third kappa shape index (κ3) is 4.34. The van der Waals surface area contributed by atoms with Crippen molar-refractivity contribution in [2.24, 2.45) is 0 Å². The number of furan rings is 1. The first-order valence-electron chi connectivity index (χ1n) is 11.7. The number of hydrogen-bond acceptors (Lipinski definition) is 4. The van der Waals surface area contributed by atoms with Crippen LogP contribution in [0.4, 0.5) is 5.69 Å². The monoisotopic (exact) mass is 489 g/mol. The molecule has 1 aliphatic rings. The molecule has 5 nitrogen and oxygen atoms in total. The Morgan fingerprint density at radius 1 is 0.750 bits per heavy atom. The maximum Gasteiger partial charge on any atom is 0.174 e. The van der Waals surface area contributed by atoms with Crippen molar-refractivity contribution in [2.75, 3.05) is 4.90 Å². The van der Waals surface area contributed by atoms with Gasteiger partial charge in [-0.25, -0.2) is 0 Å². The average molecular weight is 490 g/mol. The maximum absolute atomic E-state index is 6.41. The van der Waals surface area contributed by atoms with Crippen molar-refractivity contribution in [1.29, 1.82) is 0 Å². The fraction of sp³-hybridized carbons (Fsp3) is 0.0667. The van der Waals surface area contributed by atoms with E-state index in [-0.39, 0.29) is 12.1 Å². The molecule has 0 spiro atoms. The van der Waals surface area contributed by atoms with E-state index in [0.717, 1.165) is 40.0 Å². The Balaban J connectivity index is 1.36. The standard InChI is InChI=1S/C30H23N3O2S/c36-30-32-28(25-13-7-8-20-31-25)29(27-19-18-26(35-27)21-9-3-1-4-10-21)33(30)22-14-16-24(17-15-22)34-23-11-5-2-6-12-23/h1-20,28-29H,(H,32,36)/t28-,29+/m0/s1. The Hall–Kier alpha value is -4.42. The molecule has 3 aromatic carbocycles. The molecule has 0 bridgehead atoms. The molecule has 0 amide bonds. The molecule has 176 valence electrons. The highest BCUT2D eigenvalue weighted by molar-refractivity contribution is 7.80. The van der Waals surface area contributed by atoms with E-state index in [1.807, 2.05) is 115 Å². The van der Waals surface area contributed by atoms with Crippen molar-refractivity contribution in [3.05, 3.63) is 133 Å². The van der Waals surface area contributed by atoms with Crippen molar-refractivity contribution in [1.82, 2.24) is 10.3 Å². The summed E-state index contributed by atoms with van der Waals surface area (Å²) < 4.78 is 12.4. The Morgan fingerprint density at radius 3 is 2.17 bits per heavy atom. The Morgan fingerprint density at radius 2 is 1.44 bits per heavy atom. The van der Waals surface area contributed by atoms with Crippen molar-refractivity contribution in [2.45, 2.75) is 12.1 Å². The summed E-state index contributed by atoms with van der Waals surface area (Å²) >= 11 is 5.83. The zero-order valence-electron chi connectivity index (χ0n) is 19.3. The molecule has 6 rings (SSSR count). The minimum absolute atomic E-state index is 0.172. The highest BCUT2D eigenvalue weighted by Crippen LogP contribution is 2.43. The molecule has 0 unspecified atom stereocenters. The molecule has 1 fully saturated rings. The number of pyridine rings is 1. The van der Waals surface area contributed by atoms with E-state index in [1.54, 1.807) is 6.20 Å². The highest BCUT2D eigenvalue weighted by atomic mass is 32.1. The molecular weight excluding hydrogens is 466 g/mol. The number of aromatic nitrogens is 1. The normalized spacial score (nSPS) is 17.1. The first-order chi connectivity index (χ1) is 17.8. The van der Waals surface area contributed by atoms with Gasteiger partial charge < -0.3 is 19.4 Å². The van der Waals surface area contributed by atoms with Gasteiger partial charge in [-0.05, 0) is 72.9 Å². The smallest absolute Gasteiger partial charge is 0.174 e. The van der Waals surface area contributed by atoms with Gasteiger partial charge in [0.1, 0.15) is 29.1 Å². The van der Waals surface area contributed by atoms with Gasteiger partial charge in [0.25, 0.3) is 0 Å². The van der Waals surface area contributed by atoms with E-state index >= 15 is 0 Å². The fourth-order valence-corrected chi connectivity index (χ4v) is 4.84. The zero-order valence-corrected chi connectivity index (χ0v) is 20.1. The van der Waals surface area contributed by atoms with Crippen LogP contribution < -0.4 is 15.0 Å². The molecule has 1 N–H and O–H groups in total. The summed E-state index contributed by atoms with van der Waals surface area (Å²) in [6, 6.07) is 37.3. The third-order valence-corrected chi connectivity index (χ3v) is 6.48. The van der Waals surface area contributed by atoms with Crippen LogP contribution in [0.25, 0.3) is 11.3 Å². The van der Waals surface area contributed by atoms with Gasteiger partial charge in [0.05, 0.1) is 11.7 Å². The summed E-state index contributed by atoms with van der Waals surface area (Å²) in [5.41, 5.74) is 2.86. The summed E-state index contributed by atoms with van der Waals surface area (Å²) in [6.45, 7) is 0. The second-order valence-corrected chi connectivity index (χ2v) is 8.86. The first-order valence-corrected chi connectivity index (χ1v) is 12.2. The largest absolute Gasteiger partial charge is 0.459 e. The zero-order chi connectivity index (χ0) is 24.3. The van der Waals surface area contributed by atoms with E-state index in [1.165, 1.54) is 0 Å². The lowest BCUT2D eigenvalue weighted by Gasteiger charge is -2.26. The topological polar surface area (TPSA) is 50.5 Å². The minimum atomic E-state index is -0.217. The van der Waals surface area contributed by atoms with Gasteiger partial charge in [-0.15, -0.1) is 0 Å². The second-order valence-electron chi connectivity index (χ2n) is 8.47. The lowest BCUT2D eigenvalue weighted by Crippen LogP contribution is -2.29. The number of para-hydroxylation sites is 1. The summed E-state index contributed by atoms with van der Waals surface area (Å²) in [6.07, 6.45) is 1.80. The number of ether oxygens (including phenoxy) is 1. The number of nitrogens with one attached hydrogen (secondary N) is 1. The first kappa shape index (κ1) is 22.1. The molecule has 3 heterocycles. The number of benzene rings is 3. The van der Waals surface area contributed by atoms with Gasteiger partial charge in [-0.1, -0.05) is 54.6 Å². The molecule has 5 aromatic rings. The summed E-state index contributed by atoms with van der Waals surface area (Å²) in [4.78, 5) is 6.71. The molecule has 2 aromatic heterocycles. The molecule has 1 saturated heterocycles. The summed E-state index contributed by atoms with van der Waals surface area (Å²) in [7, 11) is 0. The van der Waals surface area contributed by atoms with E-state index < -0.39 is 0 Å². The predicted octanol–water partition coefficient (Wildman–Crippen LogP) is 7.31. The number of thiocarbonyl (C=S) groups is 1. The van der Waals surface area contributed by atoms with Crippen molar-refractivity contribution in [3.8, 4) is 22.8 Å². The molecule has 0 aliphatic carbocycles. The quantitative estimate of drug-likeness (QED) is 0.252. The molecule has 0 saturated carbocycles. The molecular formula is C30H23N3O2S. The Kier molecular flexibility index (Phi) is 5.93. The number of rotatable bonds is 6. The average Bonchev–Trinajstić information content (AvgIpc) is 3.56. The molecule has 6 heteroatoms. The van der Waals surface area contributed by atoms with E-state index in [9.17, 15) is 0 Å². The minimum Gasteiger partial charge on any atom is -0.459 e. The summed E-state index contributed by atoms with van der Waals surface area (Å²) in [5.74, 6) is 3.17. The lowest BCUT2D eigenvalue weighted by atomic mass is 10.0. The van der Waals surface area contributed by atoms with Gasteiger partial charge >= 0.3 is 0 Å². The van der Waals surface area contributed by atoms with Crippen LogP contribution in [0.1, 0.15) is 23.5 Å². The van der Waals surface area contributed by atoms with Gasteiger partial charge in [0.2, 0.25) is 0 Å². The summed E-state index contributed by atoms with van der Waals surface area (Å²) in [5, 5.41) is 4.09. The third-order valence-electron chi connectivity index (χ3n) is 6.17. The van der Waals surface area contributed by atoms with Gasteiger partial charge in [0.15, 0.2) is 5.11 Å². The predicted molar refractivity (Wildman–Crippen MR) is 145 cm³/mol. The molecule has 36 heavy (non-hydrogen) atoms. The molecule has 0 radical (unpaired) electrons. The number of anilines is 1. The van der Waals surface area contributed by atoms with Crippen LogP contribution in [0.2, 0.25) is 0 Å². The van der Waals surface area contributed by atoms with Crippen LogP contribution in [0, 0.1) is 0 Å². The van der Waals surface area contributed by atoms with E-state index in [0.29, 0.717) is 5.11 Å². The number of hydrogen-bond donors (Lipinski definition) is 1. The maximum atomic E-state index is 6.41. The van der Waals surface area contributed by atoms with Crippen molar-refractivity contribution in [3.63, 3.8) is 0 Å². The molecule has 1 aliphatic heterocycles. The van der Waals surface area contributed by atoms with Crippen LogP contribution in [-0.4, -0.2) is 10.1 Å². The van der Waals surface area contributed by atoms with Crippen LogP contribution in [0.3, 0.4) is 0 Å². The van der Waals surface area contributed by atoms with Crippen LogP contribution in [0.5, 0.6) is 11.5 Å². The SMILES string of the molecule is S=C1N[C@@H](c2ccccn2)[C@@H](c2ccc(-c3ccccc3)o2)N1c1ccc(Oc2ccccc2)cc1. The van der Waals surface area contributed by atoms with Crippen molar-refractivity contribution >= 4 is 23.0 Å². The van der Waals surface area contributed by atoms with E-state index in [2.05, 4.69) is 15.2 Å². The van der Waals surface area contributed by atoms with Gasteiger partial charge in [-0.2, -0.15) is 0 Å². The van der Waals surface area contributed by atoms with Gasteiger partial charge in [-0.3, -0.25) is 4.98 Å². The Bertz CT molecular complexity index is 1450. The fourth-order valence-electron chi connectivity index (χ4n) is 4.49. The van der Waals surface area contributed by atoms with Crippen molar-refractivity contribution < 1.29 is 9.15 Å². The Labute approximate surface area is 215 Å². The lowest BCUT2D eigenvalue weighted by molar-refractivity contribution is 0.439. The van der Waals surface area contributed by atoms with E-state index in [4.69, 9.17) is 21.4 Å². The van der Waals surface area contributed by atoms with Gasteiger partial charge in [0, 0.05) is 17.4 Å². The van der Waals surface area contributed by atoms with Crippen LogP contribution in [0.15, 0.2) is 126 Å². The molecule has 2 atom stereocenters. The highest BCUT2D eigenvalue weighted by Gasteiger charge is 2.42. The van der Waals surface area contributed by atoms with Crippen LogP contribution >= 0.6 is 12.2 Å². The second kappa shape index (κ2) is 9.68. The van der Waals surface area contributed by atoms with Crippen LogP contribution in [-0.2, 0) is 0 Å². The number of nitrogens with zero attached hydrogens (tertiary/aromatic N) is 2.